The number of nitrogens with two attached hydrogens (primary N) is 1. The van der Waals surface area contributed by atoms with Crippen LogP contribution in [0.2, 0.25) is 0 Å². The van der Waals surface area contributed by atoms with Crippen LogP contribution in [-0.4, -0.2) is 42.1 Å². The molecule has 5 nitrogen and oxygen atoms in total. The fourth-order valence-electron chi connectivity index (χ4n) is 2.43. The lowest BCUT2D eigenvalue weighted by atomic mass is 9.97. The van der Waals surface area contributed by atoms with Gasteiger partial charge in [-0.05, 0) is 56.9 Å². The molecule has 0 unspecified atom stereocenters. The van der Waals surface area contributed by atoms with Crippen molar-refractivity contribution >= 4 is 22.4 Å². The van der Waals surface area contributed by atoms with Crippen molar-refractivity contribution in [3.8, 4) is 5.75 Å². The third-order valence-electron chi connectivity index (χ3n) is 3.67. The zero-order valence-corrected chi connectivity index (χ0v) is 12.6. The van der Waals surface area contributed by atoms with E-state index in [2.05, 4.69) is 21.5 Å². The van der Waals surface area contributed by atoms with Gasteiger partial charge >= 0.3 is 0 Å². The maximum atomic E-state index is 5.80. The highest BCUT2D eigenvalue weighted by Gasteiger charge is 2.19. The van der Waals surface area contributed by atoms with Gasteiger partial charge in [0.1, 0.15) is 0 Å². The molecule has 3 N–H and O–H groups in total. The van der Waals surface area contributed by atoms with E-state index in [1.807, 2.05) is 6.92 Å². The van der Waals surface area contributed by atoms with Gasteiger partial charge in [-0.15, -0.1) is 0 Å². The van der Waals surface area contributed by atoms with Crippen LogP contribution in [0.1, 0.15) is 26.7 Å². The average Bonchev–Trinajstić information content (AvgIpc) is 2.79. The van der Waals surface area contributed by atoms with Crippen molar-refractivity contribution in [3.05, 3.63) is 0 Å². The minimum absolute atomic E-state index is 0.496. The second-order valence-electron chi connectivity index (χ2n) is 4.92. The third-order valence-corrected chi connectivity index (χ3v) is 4.47. The lowest BCUT2D eigenvalue weighted by Gasteiger charge is -2.31. The van der Waals surface area contributed by atoms with Gasteiger partial charge < -0.3 is 20.7 Å². The fourth-order valence-corrected chi connectivity index (χ4v) is 3.10. The normalized spacial score (nSPS) is 17.6. The Bertz CT molecular complexity index is 388. The highest BCUT2D eigenvalue weighted by Crippen LogP contribution is 2.35. The summed E-state index contributed by atoms with van der Waals surface area (Å²) in [5, 5.41) is 4.42. The molecule has 6 heteroatoms. The Morgan fingerprint density at radius 2 is 2.16 bits per heavy atom. The van der Waals surface area contributed by atoms with E-state index in [1.165, 1.54) is 44.0 Å². The van der Waals surface area contributed by atoms with Gasteiger partial charge in [-0.3, -0.25) is 0 Å². The van der Waals surface area contributed by atoms with E-state index in [1.54, 1.807) is 0 Å². The fraction of sp³-hybridized carbons (Fsp3) is 0.769. The first-order chi connectivity index (χ1) is 9.24. The van der Waals surface area contributed by atoms with E-state index in [9.17, 15) is 0 Å². The average molecular weight is 284 g/mol. The van der Waals surface area contributed by atoms with Crippen molar-refractivity contribution in [1.82, 2.24) is 9.27 Å². The van der Waals surface area contributed by atoms with Crippen LogP contribution >= 0.6 is 11.5 Å². The summed E-state index contributed by atoms with van der Waals surface area (Å²) in [7, 11) is 0. The molecule has 0 atom stereocenters. The Morgan fingerprint density at radius 3 is 2.79 bits per heavy atom. The highest BCUT2D eigenvalue weighted by molar-refractivity contribution is 7.11. The number of ether oxygens (including phenoxy) is 1. The summed E-state index contributed by atoms with van der Waals surface area (Å²) in [6.45, 7) is 9.39. The number of nitrogens with zero attached hydrogens (tertiary/aromatic N) is 2. The Hall–Kier alpha value is -1.01. The molecular weight excluding hydrogens is 260 g/mol. The molecule has 2 rings (SSSR count). The van der Waals surface area contributed by atoms with Crippen LogP contribution in [0.4, 0.5) is 10.8 Å². The lowest BCUT2D eigenvalue weighted by Crippen LogP contribution is -2.35. The van der Waals surface area contributed by atoms with Crippen LogP contribution < -0.4 is 15.8 Å². The number of likely N-dealkylation sites (tertiary alicyclic amines) is 1. The number of hydrogen-bond acceptors (Lipinski definition) is 6. The molecule has 0 saturated carbocycles. The molecule has 0 aromatic carbocycles. The molecule has 0 spiro atoms. The third kappa shape index (κ3) is 3.73. The number of rotatable bonds is 6. The minimum Gasteiger partial charge on any atom is -0.487 e. The molecule has 108 valence electrons. The number of hydrogen-bond donors (Lipinski definition) is 2. The summed E-state index contributed by atoms with van der Waals surface area (Å²) in [6, 6.07) is 0. The molecule has 0 amide bonds. The second-order valence-corrected chi connectivity index (χ2v) is 5.69. The predicted molar refractivity (Wildman–Crippen MR) is 81.0 cm³/mol. The van der Waals surface area contributed by atoms with Crippen LogP contribution in [0.25, 0.3) is 0 Å². The van der Waals surface area contributed by atoms with Crippen LogP contribution in [-0.2, 0) is 0 Å². The molecule has 1 aliphatic heterocycles. The molecule has 0 aliphatic carbocycles. The first-order valence-electron chi connectivity index (χ1n) is 7.08. The predicted octanol–water partition coefficient (Wildman–Crippen LogP) is 2.27. The Balaban J connectivity index is 1.82. The van der Waals surface area contributed by atoms with E-state index in [-0.39, 0.29) is 0 Å². The van der Waals surface area contributed by atoms with Gasteiger partial charge in [0.25, 0.3) is 0 Å². The maximum absolute atomic E-state index is 5.80. The number of aromatic nitrogens is 1. The van der Waals surface area contributed by atoms with Gasteiger partial charge in [0.15, 0.2) is 16.6 Å². The van der Waals surface area contributed by atoms with Gasteiger partial charge in [-0.25, -0.2) is 0 Å². The van der Waals surface area contributed by atoms with Gasteiger partial charge in [0, 0.05) is 6.54 Å². The maximum Gasteiger partial charge on any atom is 0.197 e. The van der Waals surface area contributed by atoms with E-state index in [4.69, 9.17) is 10.5 Å². The number of nitrogens with one attached hydrogen (secondary N) is 1. The van der Waals surface area contributed by atoms with Crippen LogP contribution in [0.5, 0.6) is 5.75 Å². The highest BCUT2D eigenvalue weighted by atomic mass is 32.1. The van der Waals surface area contributed by atoms with Crippen molar-refractivity contribution < 1.29 is 4.74 Å². The summed E-state index contributed by atoms with van der Waals surface area (Å²) >= 11 is 1.39. The molecule has 1 aromatic heterocycles. The molecule has 0 radical (unpaired) electrons. The quantitative estimate of drug-likeness (QED) is 0.839. The molecule has 1 saturated heterocycles. The minimum atomic E-state index is 0.496. The van der Waals surface area contributed by atoms with Gasteiger partial charge in [0.2, 0.25) is 0 Å². The molecule has 19 heavy (non-hydrogen) atoms. The number of nitrogen functional groups attached to an aromatic ring is 1. The van der Waals surface area contributed by atoms with Crippen molar-refractivity contribution in [1.29, 1.82) is 0 Å². The summed E-state index contributed by atoms with van der Waals surface area (Å²) in [5.41, 5.74) is 5.80. The molecule has 1 aromatic rings. The summed E-state index contributed by atoms with van der Waals surface area (Å²) in [5.74, 6) is 1.95. The zero-order chi connectivity index (χ0) is 13.7. The van der Waals surface area contributed by atoms with Crippen molar-refractivity contribution in [2.45, 2.75) is 26.7 Å². The Labute approximate surface area is 119 Å². The first kappa shape index (κ1) is 14.4. The molecular formula is C13H24N4OS. The van der Waals surface area contributed by atoms with Crippen LogP contribution in [0.3, 0.4) is 0 Å². The van der Waals surface area contributed by atoms with E-state index in [0.717, 1.165) is 23.2 Å². The SMILES string of the molecule is CCOc1c(N)nsc1NCC1CCN(CC)CC1. The van der Waals surface area contributed by atoms with Crippen molar-refractivity contribution in [3.63, 3.8) is 0 Å². The van der Waals surface area contributed by atoms with Gasteiger partial charge in [-0.1, -0.05) is 6.92 Å². The first-order valence-corrected chi connectivity index (χ1v) is 7.86. The Kier molecular flexibility index (Phi) is 5.27. The number of anilines is 2. The summed E-state index contributed by atoms with van der Waals surface area (Å²) in [4.78, 5) is 2.51. The molecule has 0 bridgehead atoms. The second kappa shape index (κ2) is 6.96. The molecule has 2 heterocycles. The van der Waals surface area contributed by atoms with E-state index >= 15 is 0 Å². The van der Waals surface area contributed by atoms with Crippen molar-refractivity contribution in [2.75, 3.05) is 43.8 Å². The van der Waals surface area contributed by atoms with Gasteiger partial charge in [0.05, 0.1) is 6.61 Å². The van der Waals surface area contributed by atoms with Crippen molar-refractivity contribution in [2.24, 2.45) is 5.92 Å². The standard InChI is InChI=1S/C13H24N4OS/c1-3-17-7-5-10(6-8-17)9-15-13-11(18-4-2)12(14)16-19-13/h10,15H,3-9H2,1-2H3,(H2,14,16). The van der Waals surface area contributed by atoms with Gasteiger partial charge in [-0.2, -0.15) is 4.37 Å². The molecule has 1 aliphatic rings. The number of piperidine rings is 1. The van der Waals surface area contributed by atoms with E-state index in [0.29, 0.717) is 12.4 Å². The molecule has 1 fully saturated rings. The largest absolute Gasteiger partial charge is 0.487 e. The smallest absolute Gasteiger partial charge is 0.197 e. The summed E-state index contributed by atoms with van der Waals surface area (Å²) < 4.78 is 9.68. The zero-order valence-electron chi connectivity index (χ0n) is 11.8. The lowest BCUT2D eigenvalue weighted by molar-refractivity contribution is 0.198. The van der Waals surface area contributed by atoms with E-state index < -0.39 is 0 Å². The topological polar surface area (TPSA) is 63.4 Å². The summed E-state index contributed by atoms with van der Waals surface area (Å²) in [6.07, 6.45) is 2.53. The Morgan fingerprint density at radius 1 is 1.42 bits per heavy atom. The monoisotopic (exact) mass is 284 g/mol. The van der Waals surface area contributed by atoms with Crippen LogP contribution in [0.15, 0.2) is 0 Å². The van der Waals surface area contributed by atoms with Crippen LogP contribution in [0, 0.1) is 5.92 Å².